The standard InChI is InChI=1S/C19H13Cl2N3O3/c1-10-5-16(19(25)26)23-24(10)9-12-7-14(21)8-15-17(12)27-18(22-15)11-3-2-4-13(20)6-11/h2-8H,9H2,1H3,(H,25,26). The van der Waals surface area contributed by atoms with Crippen molar-refractivity contribution in [1.29, 1.82) is 0 Å². The minimum atomic E-state index is -1.07. The molecule has 136 valence electrons. The van der Waals surface area contributed by atoms with Gasteiger partial charge >= 0.3 is 5.97 Å². The lowest BCUT2D eigenvalue weighted by molar-refractivity contribution is 0.0689. The number of aryl methyl sites for hydroxylation is 1. The number of hydrogen-bond acceptors (Lipinski definition) is 4. The van der Waals surface area contributed by atoms with Crippen molar-refractivity contribution < 1.29 is 14.3 Å². The highest BCUT2D eigenvalue weighted by Gasteiger charge is 2.16. The fourth-order valence-corrected chi connectivity index (χ4v) is 3.29. The molecule has 4 aromatic rings. The predicted octanol–water partition coefficient (Wildman–Crippen LogP) is 5.05. The molecular formula is C19H13Cl2N3O3. The number of hydrogen-bond donors (Lipinski definition) is 1. The number of carboxylic acids is 1. The summed E-state index contributed by atoms with van der Waals surface area (Å²) in [5.74, 6) is -0.643. The van der Waals surface area contributed by atoms with Crippen LogP contribution in [0.3, 0.4) is 0 Å². The Kier molecular flexibility index (Phi) is 4.37. The topological polar surface area (TPSA) is 81.1 Å². The lowest BCUT2D eigenvalue weighted by Crippen LogP contribution is -2.06. The summed E-state index contributed by atoms with van der Waals surface area (Å²) in [6, 6.07) is 12.2. The van der Waals surface area contributed by atoms with Crippen LogP contribution in [0, 0.1) is 6.92 Å². The van der Waals surface area contributed by atoms with Crippen molar-refractivity contribution in [2.75, 3.05) is 0 Å². The van der Waals surface area contributed by atoms with Gasteiger partial charge in [0.15, 0.2) is 11.3 Å². The van der Waals surface area contributed by atoms with Gasteiger partial charge in [0.25, 0.3) is 0 Å². The molecule has 0 atom stereocenters. The van der Waals surface area contributed by atoms with Crippen LogP contribution in [0.25, 0.3) is 22.6 Å². The molecule has 2 aromatic heterocycles. The first-order valence-electron chi connectivity index (χ1n) is 8.03. The van der Waals surface area contributed by atoms with Gasteiger partial charge in [0.1, 0.15) is 5.52 Å². The Hall–Kier alpha value is -2.83. The van der Waals surface area contributed by atoms with Gasteiger partial charge < -0.3 is 9.52 Å². The van der Waals surface area contributed by atoms with Gasteiger partial charge in [-0.05, 0) is 43.3 Å². The zero-order chi connectivity index (χ0) is 19.1. The molecule has 27 heavy (non-hydrogen) atoms. The summed E-state index contributed by atoms with van der Waals surface area (Å²) in [4.78, 5) is 15.6. The van der Waals surface area contributed by atoms with E-state index < -0.39 is 5.97 Å². The summed E-state index contributed by atoms with van der Waals surface area (Å²) in [5, 5.41) is 14.3. The van der Waals surface area contributed by atoms with Gasteiger partial charge in [-0.25, -0.2) is 9.78 Å². The van der Waals surface area contributed by atoms with Crippen molar-refractivity contribution >= 4 is 40.3 Å². The molecule has 0 saturated heterocycles. The maximum absolute atomic E-state index is 11.1. The van der Waals surface area contributed by atoms with Gasteiger partial charge in [-0.3, -0.25) is 4.68 Å². The van der Waals surface area contributed by atoms with Gasteiger partial charge in [-0.15, -0.1) is 0 Å². The Bertz CT molecular complexity index is 1180. The number of fused-ring (bicyclic) bond motifs is 1. The Morgan fingerprint density at radius 2 is 2.00 bits per heavy atom. The molecule has 4 rings (SSSR count). The lowest BCUT2D eigenvalue weighted by atomic mass is 10.2. The average molecular weight is 402 g/mol. The number of carbonyl (C=O) groups is 1. The summed E-state index contributed by atoms with van der Waals surface area (Å²) in [6.07, 6.45) is 0. The van der Waals surface area contributed by atoms with Crippen LogP contribution in [0.1, 0.15) is 21.7 Å². The SMILES string of the molecule is Cc1cc(C(=O)O)nn1Cc1cc(Cl)cc2nc(-c3cccc(Cl)c3)oc12. The molecule has 0 fully saturated rings. The highest BCUT2D eigenvalue weighted by Crippen LogP contribution is 2.30. The van der Waals surface area contributed by atoms with E-state index in [1.165, 1.54) is 6.07 Å². The van der Waals surface area contributed by atoms with E-state index in [2.05, 4.69) is 10.1 Å². The Morgan fingerprint density at radius 3 is 2.70 bits per heavy atom. The minimum Gasteiger partial charge on any atom is -0.476 e. The second kappa shape index (κ2) is 6.72. The van der Waals surface area contributed by atoms with E-state index in [1.807, 2.05) is 12.1 Å². The number of aromatic nitrogens is 3. The molecule has 0 aliphatic carbocycles. The van der Waals surface area contributed by atoms with Crippen LogP contribution in [0.5, 0.6) is 0 Å². The van der Waals surface area contributed by atoms with Crippen molar-refractivity contribution in [3.8, 4) is 11.5 Å². The smallest absolute Gasteiger partial charge is 0.356 e. The fourth-order valence-electron chi connectivity index (χ4n) is 2.86. The van der Waals surface area contributed by atoms with E-state index in [9.17, 15) is 4.79 Å². The first kappa shape index (κ1) is 17.6. The summed E-state index contributed by atoms with van der Waals surface area (Å²) < 4.78 is 7.57. The molecule has 1 N–H and O–H groups in total. The Balaban J connectivity index is 1.80. The van der Waals surface area contributed by atoms with Crippen molar-refractivity contribution in [1.82, 2.24) is 14.8 Å². The van der Waals surface area contributed by atoms with E-state index in [0.29, 0.717) is 33.6 Å². The van der Waals surface area contributed by atoms with Crippen LogP contribution in [-0.4, -0.2) is 25.8 Å². The van der Waals surface area contributed by atoms with Crippen LogP contribution >= 0.6 is 23.2 Å². The number of aromatic carboxylic acids is 1. The van der Waals surface area contributed by atoms with E-state index in [-0.39, 0.29) is 5.69 Å². The highest BCUT2D eigenvalue weighted by atomic mass is 35.5. The third kappa shape index (κ3) is 3.41. The number of carboxylic acid groups (broad SMARTS) is 1. The van der Waals surface area contributed by atoms with Crippen LogP contribution in [0.2, 0.25) is 10.0 Å². The molecule has 0 saturated carbocycles. The van der Waals surface area contributed by atoms with Crippen LogP contribution < -0.4 is 0 Å². The largest absolute Gasteiger partial charge is 0.476 e. The van der Waals surface area contributed by atoms with Crippen LogP contribution in [0.15, 0.2) is 46.9 Å². The van der Waals surface area contributed by atoms with Crippen LogP contribution in [-0.2, 0) is 6.54 Å². The van der Waals surface area contributed by atoms with E-state index >= 15 is 0 Å². The first-order valence-corrected chi connectivity index (χ1v) is 8.79. The molecule has 0 radical (unpaired) electrons. The second-order valence-corrected chi connectivity index (χ2v) is 6.95. The number of oxazole rings is 1. The fraction of sp³-hybridized carbons (Fsp3) is 0.105. The average Bonchev–Trinajstić information content (AvgIpc) is 3.19. The predicted molar refractivity (Wildman–Crippen MR) is 102 cm³/mol. The molecule has 2 aromatic carbocycles. The summed E-state index contributed by atoms with van der Waals surface area (Å²) in [6.45, 7) is 2.10. The third-order valence-electron chi connectivity index (χ3n) is 4.12. The van der Waals surface area contributed by atoms with E-state index in [4.69, 9.17) is 32.7 Å². The Morgan fingerprint density at radius 1 is 1.19 bits per heavy atom. The van der Waals surface area contributed by atoms with Gasteiger partial charge in [0, 0.05) is 26.9 Å². The molecule has 6 nitrogen and oxygen atoms in total. The molecule has 0 spiro atoms. The summed E-state index contributed by atoms with van der Waals surface area (Å²) in [7, 11) is 0. The number of rotatable bonds is 4. The molecular weight excluding hydrogens is 389 g/mol. The highest BCUT2D eigenvalue weighted by molar-refractivity contribution is 6.31. The second-order valence-electron chi connectivity index (χ2n) is 6.08. The number of halogens is 2. The van der Waals surface area contributed by atoms with Crippen molar-refractivity contribution in [2.45, 2.75) is 13.5 Å². The first-order chi connectivity index (χ1) is 12.9. The molecule has 0 aliphatic heterocycles. The molecule has 0 aliphatic rings. The Labute approximate surface area is 164 Å². The monoisotopic (exact) mass is 401 g/mol. The molecule has 0 amide bonds. The van der Waals surface area contributed by atoms with Gasteiger partial charge in [0.05, 0.1) is 6.54 Å². The third-order valence-corrected chi connectivity index (χ3v) is 4.58. The van der Waals surface area contributed by atoms with Crippen molar-refractivity contribution in [2.24, 2.45) is 0 Å². The number of benzene rings is 2. The molecule has 2 heterocycles. The van der Waals surface area contributed by atoms with Crippen molar-refractivity contribution in [3.05, 3.63) is 69.5 Å². The van der Waals surface area contributed by atoms with Gasteiger partial charge in [0.2, 0.25) is 5.89 Å². The van der Waals surface area contributed by atoms with Crippen molar-refractivity contribution in [3.63, 3.8) is 0 Å². The van der Waals surface area contributed by atoms with Gasteiger partial charge in [-0.2, -0.15) is 5.10 Å². The normalized spacial score (nSPS) is 11.2. The molecule has 0 unspecified atom stereocenters. The maximum atomic E-state index is 11.1. The summed E-state index contributed by atoms with van der Waals surface area (Å²) >= 11 is 12.3. The quantitative estimate of drug-likeness (QED) is 0.517. The van der Waals surface area contributed by atoms with E-state index in [1.54, 1.807) is 35.9 Å². The van der Waals surface area contributed by atoms with E-state index in [0.717, 1.165) is 16.8 Å². The van der Waals surface area contributed by atoms with Crippen LogP contribution in [0.4, 0.5) is 0 Å². The minimum absolute atomic E-state index is 0.0111. The lowest BCUT2D eigenvalue weighted by Gasteiger charge is -2.05. The number of nitrogens with zero attached hydrogens (tertiary/aromatic N) is 3. The van der Waals surface area contributed by atoms with Gasteiger partial charge in [-0.1, -0.05) is 29.3 Å². The molecule has 0 bridgehead atoms. The zero-order valence-corrected chi connectivity index (χ0v) is 15.6. The summed E-state index contributed by atoms with van der Waals surface area (Å²) in [5.41, 5.74) is 3.39. The molecule has 8 heteroatoms. The zero-order valence-electron chi connectivity index (χ0n) is 14.1. The maximum Gasteiger partial charge on any atom is 0.356 e.